The normalized spacial score (nSPS) is 18.9. The molecule has 2 heterocycles. The molecule has 29 heavy (non-hydrogen) atoms. The van der Waals surface area contributed by atoms with Gasteiger partial charge in [0.2, 0.25) is 5.91 Å². The summed E-state index contributed by atoms with van der Waals surface area (Å²) < 4.78 is 6.77. The van der Waals surface area contributed by atoms with Crippen LogP contribution in [0.15, 0.2) is 40.9 Å². The topological polar surface area (TPSA) is 53.6 Å². The Morgan fingerprint density at radius 3 is 2.90 bits per heavy atom. The van der Waals surface area contributed by atoms with Gasteiger partial charge in [-0.25, -0.2) is 0 Å². The number of fused-ring (bicyclic) bond motifs is 1. The first-order valence-corrected chi connectivity index (χ1v) is 11.3. The second-order valence-corrected chi connectivity index (χ2v) is 8.66. The van der Waals surface area contributed by atoms with E-state index in [0.29, 0.717) is 36.3 Å². The Hall–Kier alpha value is -1.76. The van der Waals surface area contributed by atoms with Crippen molar-refractivity contribution in [3.63, 3.8) is 0 Å². The molecule has 1 unspecified atom stereocenters. The lowest BCUT2D eigenvalue weighted by Gasteiger charge is -2.38. The molecule has 5 nitrogen and oxygen atoms in total. The van der Waals surface area contributed by atoms with Crippen LogP contribution < -0.4 is 20.3 Å². The van der Waals surface area contributed by atoms with Crippen LogP contribution in [-0.4, -0.2) is 38.2 Å². The van der Waals surface area contributed by atoms with Gasteiger partial charge in [-0.3, -0.25) is 4.79 Å². The summed E-state index contributed by atoms with van der Waals surface area (Å²) in [5.74, 6) is 0.631. The summed E-state index contributed by atoms with van der Waals surface area (Å²) in [7, 11) is 0. The smallest absolute Gasteiger partial charge is 0.224 e. The summed E-state index contributed by atoms with van der Waals surface area (Å²) in [6.07, 6.45) is 3.13. The highest BCUT2D eigenvalue weighted by Crippen LogP contribution is 2.43. The van der Waals surface area contributed by atoms with Gasteiger partial charge in [-0.2, -0.15) is 0 Å². The van der Waals surface area contributed by atoms with Crippen LogP contribution in [0.4, 0.5) is 11.4 Å². The molecule has 2 aromatic rings. The fourth-order valence-electron chi connectivity index (χ4n) is 4.04. The Morgan fingerprint density at radius 2 is 2.07 bits per heavy atom. The molecule has 0 aromatic heterocycles. The van der Waals surface area contributed by atoms with Gasteiger partial charge < -0.3 is 20.3 Å². The van der Waals surface area contributed by atoms with Gasteiger partial charge in [0.25, 0.3) is 0 Å². The molecule has 0 bridgehead atoms. The first-order chi connectivity index (χ1) is 14.1. The Kier molecular flexibility index (Phi) is 6.63. The number of halogens is 2. The molecule has 1 amide bonds. The van der Waals surface area contributed by atoms with Crippen molar-refractivity contribution in [3.05, 3.63) is 51.5 Å². The number of ether oxygens (including phenoxy) is 1. The van der Waals surface area contributed by atoms with Crippen LogP contribution in [0.25, 0.3) is 0 Å². The quantitative estimate of drug-likeness (QED) is 0.595. The van der Waals surface area contributed by atoms with E-state index in [1.807, 2.05) is 6.07 Å². The lowest BCUT2D eigenvalue weighted by atomic mass is 10.0. The third kappa shape index (κ3) is 4.71. The van der Waals surface area contributed by atoms with E-state index in [1.54, 1.807) is 0 Å². The molecular weight excluding hydrogens is 454 g/mol. The van der Waals surface area contributed by atoms with Gasteiger partial charge >= 0.3 is 0 Å². The minimum Gasteiger partial charge on any atom is -0.491 e. The summed E-state index contributed by atoms with van der Waals surface area (Å²) in [5.41, 5.74) is 3.10. The monoisotopic (exact) mass is 477 g/mol. The molecule has 2 aromatic carbocycles. The number of piperazine rings is 1. The SMILES string of the molecule is O=C1CCc2cc(Cl)c(OCCCC3CNCCN3c3ccccc3)c(Br)c2N1. The number of nitrogens with one attached hydrogen (secondary N) is 2. The maximum atomic E-state index is 11.7. The van der Waals surface area contributed by atoms with Crippen molar-refractivity contribution in [2.45, 2.75) is 31.7 Å². The number of rotatable bonds is 6. The van der Waals surface area contributed by atoms with Crippen LogP contribution in [0, 0.1) is 0 Å². The molecule has 1 saturated heterocycles. The number of anilines is 2. The molecule has 7 heteroatoms. The second-order valence-electron chi connectivity index (χ2n) is 7.46. The van der Waals surface area contributed by atoms with Crippen LogP contribution >= 0.6 is 27.5 Å². The predicted octanol–water partition coefficient (Wildman–Crippen LogP) is 4.62. The van der Waals surface area contributed by atoms with E-state index in [2.05, 4.69) is 61.8 Å². The van der Waals surface area contributed by atoms with Gasteiger partial charge in [0, 0.05) is 37.8 Å². The van der Waals surface area contributed by atoms with Crippen molar-refractivity contribution in [1.29, 1.82) is 0 Å². The number of hydrogen-bond acceptors (Lipinski definition) is 4. The minimum atomic E-state index is 0.0253. The van der Waals surface area contributed by atoms with Crippen molar-refractivity contribution < 1.29 is 9.53 Å². The van der Waals surface area contributed by atoms with E-state index in [4.69, 9.17) is 16.3 Å². The molecule has 2 aliphatic heterocycles. The minimum absolute atomic E-state index is 0.0253. The standard InChI is InChI=1S/C22H25BrClN3O2/c23-20-21-15(8-9-19(28)26-21)13-18(24)22(20)29-12-4-7-17-14-25-10-11-27(17)16-5-2-1-3-6-16/h1-3,5-6,13,17,25H,4,7-12,14H2,(H,26,28). The lowest BCUT2D eigenvalue weighted by Crippen LogP contribution is -2.51. The van der Waals surface area contributed by atoms with Crippen LogP contribution in [0.2, 0.25) is 5.02 Å². The highest BCUT2D eigenvalue weighted by atomic mass is 79.9. The van der Waals surface area contributed by atoms with Crippen molar-refractivity contribution in [2.75, 3.05) is 36.5 Å². The summed E-state index contributed by atoms with van der Waals surface area (Å²) in [4.78, 5) is 14.2. The van der Waals surface area contributed by atoms with Crippen molar-refractivity contribution in [2.24, 2.45) is 0 Å². The van der Waals surface area contributed by atoms with Gasteiger partial charge in [-0.05, 0) is 59.0 Å². The summed E-state index contributed by atoms with van der Waals surface area (Å²) in [6, 6.07) is 12.9. The molecular formula is C22H25BrClN3O2. The highest BCUT2D eigenvalue weighted by molar-refractivity contribution is 9.10. The van der Waals surface area contributed by atoms with E-state index in [1.165, 1.54) is 5.69 Å². The summed E-state index contributed by atoms with van der Waals surface area (Å²) in [6.45, 7) is 3.57. The number of aryl methyl sites for hydroxylation is 1. The van der Waals surface area contributed by atoms with E-state index in [-0.39, 0.29) is 5.91 Å². The van der Waals surface area contributed by atoms with Gasteiger partial charge in [-0.1, -0.05) is 29.8 Å². The van der Waals surface area contributed by atoms with Crippen LogP contribution in [0.5, 0.6) is 5.75 Å². The molecule has 0 saturated carbocycles. The molecule has 0 aliphatic carbocycles. The van der Waals surface area contributed by atoms with Gasteiger partial charge in [0.1, 0.15) is 0 Å². The molecule has 2 aliphatic rings. The van der Waals surface area contributed by atoms with E-state index >= 15 is 0 Å². The Bertz CT molecular complexity index is 878. The summed E-state index contributed by atoms with van der Waals surface area (Å²) >= 11 is 10.0. The summed E-state index contributed by atoms with van der Waals surface area (Å²) in [5, 5.41) is 7.00. The number of benzene rings is 2. The zero-order valence-electron chi connectivity index (χ0n) is 16.2. The van der Waals surface area contributed by atoms with E-state index in [9.17, 15) is 4.79 Å². The van der Waals surface area contributed by atoms with Gasteiger partial charge in [0.15, 0.2) is 5.75 Å². The Labute approximate surface area is 184 Å². The average molecular weight is 479 g/mol. The third-order valence-electron chi connectivity index (χ3n) is 5.51. The maximum Gasteiger partial charge on any atom is 0.224 e. The first-order valence-electron chi connectivity index (χ1n) is 10.1. The third-order valence-corrected chi connectivity index (χ3v) is 6.55. The fraction of sp³-hybridized carbons (Fsp3) is 0.409. The maximum absolute atomic E-state index is 11.7. The Morgan fingerprint density at radius 1 is 1.24 bits per heavy atom. The van der Waals surface area contributed by atoms with E-state index in [0.717, 1.165) is 48.2 Å². The number of para-hydroxylation sites is 1. The highest BCUT2D eigenvalue weighted by Gasteiger charge is 2.24. The molecule has 1 atom stereocenters. The molecule has 0 radical (unpaired) electrons. The molecule has 1 fully saturated rings. The average Bonchev–Trinajstić information content (AvgIpc) is 2.74. The van der Waals surface area contributed by atoms with Crippen molar-refractivity contribution >= 4 is 44.8 Å². The number of carbonyl (C=O) groups is 1. The predicted molar refractivity (Wildman–Crippen MR) is 121 cm³/mol. The number of hydrogen-bond donors (Lipinski definition) is 2. The van der Waals surface area contributed by atoms with E-state index < -0.39 is 0 Å². The molecule has 0 spiro atoms. The van der Waals surface area contributed by atoms with Crippen molar-refractivity contribution in [1.82, 2.24) is 5.32 Å². The molecule has 4 rings (SSSR count). The van der Waals surface area contributed by atoms with Gasteiger partial charge in [0.05, 0.1) is 21.8 Å². The largest absolute Gasteiger partial charge is 0.491 e. The number of carbonyl (C=O) groups excluding carboxylic acids is 1. The lowest BCUT2D eigenvalue weighted by molar-refractivity contribution is -0.116. The Balaban J connectivity index is 1.37. The molecule has 2 N–H and O–H groups in total. The van der Waals surface area contributed by atoms with Crippen LogP contribution in [-0.2, 0) is 11.2 Å². The first kappa shape index (κ1) is 20.5. The molecule has 154 valence electrons. The number of nitrogens with zero attached hydrogens (tertiary/aromatic N) is 1. The zero-order valence-corrected chi connectivity index (χ0v) is 18.6. The fourth-order valence-corrected chi connectivity index (χ4v) is 5.11. The van der Waals surface area contributed by atoms with Crippen molar-refractivity contribution in [3.8, 4) is 5.75 Å². The van der Waals surface area contributed by atoms with Crippen LogP contribution in [0.3, 0.4) is 0 Å². The van der Waals surface area contributed by atoms with Crippen LogP contribution in [0.1, 0.15) is 24.8 Å². The second kappa shape index (κ2) is 9.37. The van der Waals surface area contributed by atoms with Gasteiger partial charge in [-0.15, -0.1) is 0 Å². The number of amides is 1. The zero-order chi connectivity index (χ0) is 20.2.